The lowest BCUT2D eigenvalue weighted by Gasteiger charge is -2.35. The van der Waals surface area contributed by atoms with Crippen LogP contribution in [0.5, 0.6) is 0 Å². The van der Waals surface area contributed by atoms with E-state index in [0.717, 1.165) is 5.69 Å². The molecular weight excluding hydrogens is 210 g/mol. The molecule has 0 aliphatic carbocycles. The van der Waals surface area contributed by atoms with Crippen molar-refractivity contribution in [2.75, 3.05) is 5.32 Å². The van der Waals surface area contributed by atoms with Crippen LogP contribution in [0.15, 0.2) is 30.3 Å². The third-order valence-electron chi connectivity index (χ3n) is 2.09. The third kappa shape index (κ3) is 3.08. The minimum Gasteiger partial charge on any atom is -0.357 e. The van der Waals surface area contributed by atoms with Gasteiger partial charge in [0, 0.05) is 5.69 Å². The predicted octanol–water partition coefficient (Wildman–Crippen LogP) is -0.380. The number of nitrogens with one attached hydrogen (secondary N) is 4. The second-order valence-electron chi connectivity index (χ2n) is 3.32. The molecule has 6 N–H and O–H groups in total. The zero-order valence-electron chi connectivity index (χ0n) is 8.14. The molecule has 0 radical (unpaired) electrons. The summed E-state index contributed by atoms with van der Waals surface area (Å²) in [7, 11) is 0. The first-order valence-electron chi connectivity index (χ1n) is 4.77. The van der Waals surface area contributed by atoms with Crippen LogP contribution in [-0.2, 0) is 0 Å². The van der Waals surface area contributed by atoms with Gasteiger partial charge in [0.25, 0.3) is 0 Å². The lowest BCUT2D eigenvalue weighted by Crippen LogP contribution is -2.70. The van der Waals surface area contributed by atoms with Crippen molar-refractivity contribution < 1.29 is 0 Å². The Kier molecular flexibility index (Phi) is 3.45. The molecular formula is C9H15N5S. The lowest BCUT2D eigenvalue weighted by atomic mass is 10.3. The van der Waals surface area contributed by atoms with E-state index in [-0.39, 0.29) is 18.1 Å². The van der Waals surface area contributed by atoms with E-state index < -0.39 is 0 Å². The van der Waals surface area contributed by atoms with Crippen LogP contribution < -0.4 is 27.0 Å². The zero-order valence-corrected chi connectivity index (χ0v) is 9.04. The zero-order chi connectivity index (χ0) is 10.7. The van der Waals surface area contributed by atoms with Crippen LogP contribution in [0.4, 0.5) is 5.69 Å². The SMILES string of the molecule is N[C@@H]1N[C@H](S)N[C@@H](Nc2ccccc2)N1. The highest BCUT2D eigenvalue weighted by atomic mass is 32.1. The Balaban J connectivity index is 1.94. The number of thiol groups is 1. The molecule has 5 nitrogen and oxygen atoms in total. The minimum absolute atomic E-state index is 0.0915. The summed E-state index contributed by atoms with van der Waals surface area (Å²) in [6.45, 7) is 0. The maximum absolute atomic E-state index is 5.72. The van der Waals surface area contributed by atoms with Crippen molar-refractivity contribution in [3.05, 3.63) is 30.3 Å². The number of hydrogen-bond donors (Lipinski definition) is 6. The summed E-state index contributed by atoms with van der Waals surface area (Å²) in [5.41, 5.74) is 6.62. The number of anilines is 1. The van der Waals surface area contributed by atoms with Crippen molar-refractivity contribution >= 4 is 18.3 Å². The number of hydrogen-bond acceptors (Lipinski definition) is 6. The van der Waals surface area contributed by atoms with Gasteiger partial charge in [-0.1, -0.05) is 18.2 Å². The molecule has 1 aromatic rings. The van der Waals surface area contributed by atoms with Crippen molar-refractivity contribution in [1.29, 1.82) is 0 Å². The first kappa shape index (κ1) is 10.7. The Bertz CT molecular complexity index is 297. The number of rotatable bonds is 2. The molecule has 1 aliphatic rings. The fourth-order valence-electron chi connectivity index (χ4n) is 1.44. The third-order valence-corrected chi connectivity index (χ3v) is 2.39. The highest BCUT2D eigenvalue weighted by Gasteiger charge is 2.21. The van der Waals surface area contributed by atoms with E-state index in [9.17, 15) is 0 Å². The molecule has 15 heavy (non-hydrogen) atoms. The van der Waals surface area contributed by atoms with Gasteiger partial charge in [-0.3, -0.25) is 16.0 Å². The van der Waals surface area contributed by atoms with Gasteiger partial charge in [0.05, 0.1) is 0 Å². The molecule has 0 bridgehead atoms. The standard InChI is InChI=1S/C9H15N5S/c10-7-12-8(14-9(15)13-7)11-6-4-2-1-3-5-6/h1-5,7-9,11-15H,10H2/t7-,8-,9-/m0/s1. The van der Waals surface area contributed by atoms with Gasteiger partial charge >= 0.3 is 0 Å². The summed E-state index contributed by atoms with van der Waals surface area (Å²) in [5.74, 6) is 0. The molecule has 82 valence electrons. The van der Waals surface area contributed by atoms with Gasteiger partial charge in [-0.15, -0.1) is 12.6 Å². The maximum Gasteiger partial charge on any atom is 0.136 e. The molecule has 6 heteroatoms. The fourth-order valence-corrected chi connectivity index (χ4v) is 1.75. The first-order valence-corrected chi connectivity index (χ1v) is 5.29. The molecule has 0 unspecified atom stereocenters. The summed E-state index contributed by atoms with van der Waals surface area (Å²) in [6, 6.07) is 9.90. The van der Waals surface area contributed by atoms with Crippen LogP contribution in [0.25, 0.3) is 0 Å². The van der Waals surface area contributed by atoms with Crippen LogP contribution in [0, 0.1) is 0 Å². The molecule has 3 atom stereocenters. The molecule has 1 saturated heterocycles. The van der Waals surface area contributed by atoms with E-state index in [1.165, 1.54) is 0 Å². The molecule has 0 saturated carbocycles. The number of nitrogens with two attached hydrogens (primary N) is 1. The summed E-state index contributed by atoms with van der Waals surface area (Å²) in [5, 5.41) is 12.5. The van der Waals surface area contributed by atoms with Crippen molar-refractivity contribution in [3.8, 4) is 0 Å². The van der Waals surface area contributed by atoms with Crippen LogP contribution in [-0.4, -0.2) is 18.1 Å². The highest BCUT2D eigenvalue weighted by Crippen LogP contribution is 2.06. The Morgan fingerprint density at radius 3 is 2.53 bits per heavy atom. The van der Waals surface area contributed by atoms with Gasteiger partial charge in [0.2, 0.25) is 0 Å². The van der Waals surface area contributed by atoms with E-state index in [4.69, 9.17) is 5.73 Å². The lowest BCUT2D eigenvalue weighted by molar-refractivity contribution is 0.269. The molecule has 1 fully saturated rings. The van der Waals surface area contributed by atoms with Gasteiger partial charge in [-0.25, -0.2) is 0 Å². The molecule has 1 heterocycles. The maximum atomic E-state index is 5.72. The second kappa shape index (κ2) is 4.82. The van der Waals surface area contributed by atoms with Gasteiger partial charge in [0.1, 0.15) is 18.1 Å². The Morgan fingerprint density at radius 1 is 1.13 bits per heavy atom. The topological polar surface area (TPSA) is 74.1 Å². The normalized spacial score (nSPS) is 31.2. The monoisotopic (exact) mass is 225 g/mol. The van der Waals surface area contributed by atoms with Crippen LogP contribution in [0.1, 0.15) is 0 Å². The van der Waals surface area contributed by atoms with Crippen molar-refractivity contribution in [1.82, 2.24) is 16.0 Å². The van der Waals surface area contributed by atoms with E-state index in [2.05, 4.69) is 33.9 Å². The van der Waals surface area contributed by atoms with Crippen LogP contribution in [0.3, 0.4) is 0 Å². The van der Waals surface area contributed by atoms with Crippen LogP contribution >= 0.6 is 12.6 Å². The molecule has 1 aliphatic heterocycles. The molecule has 1 aromatic carbocycles. The average Bonchev–Trinajstić information content (AvgIpc) is 2.17. The van der Waals surface area contributed by atoms with Gasteiger partial charge in [-0.2, -0.15) is 0 Å². The summed E-state index contributed by atoms with van der Waals surface area (Å²) < 4.78 is 0. The van der Waals surface area contributed by atoms with Crippen molar-refractivity contribution in [2.24, 2.45) is 5.73 Å². The molecule has 2 rings (SSSR count). The fraction of sp³-hybridized carbons (Fsp3) is 0.333. The van der Waals surface area contributed by atoms with E-state index in [1.807, 2.05) is 30.3 Å². The van der Waals surface area contributed by atoms with Crippen molar-refractivity contribution in [2.45, 2.75) is 18.1 Å². The average molecular weight is 225 g/mol. The van der Waals surface area contributed by atoms with Crippen molar-refractivity contribution in [3.63, 3.8) is 0 Å². The van der Waals surface area contributed by atoms with E-state index >= 15 is 0 Å². The van der Waals surface area contributed by atoms with Gasteiger partial charge in [-0.05, 0) is 12.1 Å². The minimum atomic E-state index is -0.269. The van der Waals surface area contributed by atoms with E-state index in [0.29, 0.717) is 0 Å². The predicted molar refractivity (Wildman–Crippen MR) is 64.0 cm³/mol. The highest BCUT2D eigenvalue weighted by molar-refractivity contribution is 7.80. The summed E-state index contributed by atoms with van der Waals surface area (Å²) in [4.78, 5) is 0. The second-order valence-corrected chi connectivity index (χ2v) is 3.84. The first-order chi connectivity index (χ1) is 7.24. The van der Waals surface area contributed by atoms with Gasteiger partial charge < -0.3 is 11.1 Å². The smallest absolute Gasteiger partial charge is 0.136 e. The van der Waals surface area contributed by atoms with Gasteiger partial charge in [0.15, 0.2) is 0 Å². The summed E-state index contributed by atoms with van der Waals surface area (Å²) in [6.07, 6.45) is -0.360. The number of benzene rings is 1. The Labute approximate surface area is 94.2 Å². The number of para-hydroxylation sites is 1. The molecule has 0 amide bonds. The van der Waals surface area contributed by atoms with Crippen LogP contribution in [0.2, 0.25) is 0 Å². The Hall–Kier alpha value is -0.790. The Morgan fingerprint density at radius 2 is 1.87 bits per heavy atom. The van der Waals surface area contributed by atoms with E-state index in [1.54, 1.807) is 0 Å². The largest absolute Gasteiger partial charge is 0.357 e. The summed E-state index contributed by atoms with van der Waals surface area (Å²) >= 11 is 4.26. The molecule has 0 spiro atoms. The molecule has 0 aromatic heterocycles. The quantitative estimate of drug-likeness (QED) is 0.387.